The van der Waals surface area contributed by atoms with Crippen LogP contribution in [0.2, 0.25) is 0 Å². The van der Waals surface area contributed by atoms with Crippen molar-refractivity contribution in [2.45, 2.75) is 19.9 Å². The fraction of sp³-hybridized carbons (Fsp3) is 0.625. The predicted molar refractivity (Wildman–Crippen MR) is 50.8 cm³/mol. The van der Waals surface area contributed by atoms with Crippen LogP contribution in [-0.2, 0) is 4.79 Å². The molecule has 1 unspecified atom stereocenters. The predicted octanol–water partition coefficient (Wildman–Crippen LogP) is 1.43. The van der Waals surface area contributed by atoms with Gasteiger partial charge in [0.15, 0.2) is 0 Å². The Kier molecular flexibility index (Phi) is 6.03. The van der Waals surface area contributed by atoms with E-state index < -0.39 is 0 Å². The number of amides is 1. The maximum absolute atomic E-state index is 10.9. The summed E-state index contributed by atoms with van der Waals surface area (Å²) >= 11 is 1.73. The molecule has 0 bridgehead atoms. The molecule has 0 saturated carbocycles. The van der Waals surface area contributed by atoms with E-state index in [2.05, 4.69) is 5.32 Å². The van der Waals surface area contributed by atoms with Gasteiger partial charge in [0.05, 0.1) is 0 Å². The minimum atomic E-state index is -0.00551. The molecule has 0 aliphatic rings. The van der Waals surface area contributed by atoms with Crippen molar-refractivity contribution < 1.29 is 4.79 Å². The fourth-order valence-corrected chi connectivity index (χ4v) is 1.32. The van der Waals surface area contributed by atoms with Gasteiger partial charge >= 0.3 is 0 Å². The molecule has 3 heteroatoms. The lowest BCUT2D eigenvalue weighted by Gasteiger charge is -2.09. The van der Waals surface area contributed by atoms with E-state index in [1.165, 1.54) is 6.08 Å². The van der Waals surface area contributed by atoms with E-state index in [-0.39, 0.29) is 11.9 Å². The molecule has 0 rings (SSSR count). The Bertz CT molecular complexity index is 145. The van der Waals surface area contributed by atoms with Crippen LogP contribution in [0.5, 0.6) is 0 Å². The Morgan fingerprint density at radius 2 is 2.36 bits per heavy atom. The van der Waals surface area contributed by atoms with Crippen LogP contribution >= 0.6 is 11.8 Å². The van der Waals surface area contributed by atoms with E-state index in [1.807, 2.05) is 20.1 Å². The molecule has 0 aromatic heterocycles. The van der Waals surface area contributed by atoms with Crippen molar-refractivity contribution in [1.29, 1.82) is 0 Å². The van der Waals surface area contributed by atoms with Gasteiger partial charge in [0.2, 0.25) is 5.91 Å². The summed E-state index contributed by atoms with van der Waals surface area (Å²) in [4.78, 5) is 10.9. The van der Waals surface area contributed by atoms with Crippen molar-refractivity contribution in [1.82, 2.24) is 5.32 Å². The molecule has 0 radical (unpaired) electrons. The highest BCUT2D eigenvalue weighted by molar-refractivity contribution is 7.98. The number of nitrogens with one attached hydrogen (secondary N) is 1. The number of hydrogen-bond acceptors (Lipinski definition) is 2. The molecule has 0 aromatic rings. The number of carbonyl (C=O) groups is 1. The van der Waals surface area contributed by atoms with Crippen molar-refractivity contribution in [2.75, 3.05) is 12.0 Å². The first-order valence-electron chi connectivity index (χ1n) is 3.62. The minimum absolute atomic E-state index is 0.00551. The van der Waals surface area contributed by atoms with Gasteiger partial charge in [0.25, 0.3) is 0 Å². The number of hydrogen-bond donors (Lipinski definition) is 1. The average molecular weight is 173 g/mol. The van der Waals surface area contributed by atoms with Crippen molar-refractivity contribution in [3.8, 4) is 0 Å². The lowest BCUT2D eigenvalue weighted by molar-refractivity contribution is -0.116. The van der Waals surface area contributed by atoms with Gasteiger partial charge in [-0.3, -0.25) is 4.79 Å². The Balaban J connectivity index is 3.57. The van der Waals surface area contributed by atoms with Gasteiger partial charge in [0, 0.05) is 11.8 Å². The normalized spacial score (nSPS) is 13.4. The second-order valence-electron chi connectivity index (χ2n) is 2.36. The van der Waals surface area contributed by atoms with Crippen molar-refractivity contribution in [2.24, 2.45) is 0 Å². The number of allylic oxidation sites excluding steroid dienone is 1. The van der Waals surface area contributed by atoms with Gasteiger partial charge in [0.1, 0.15) is 0 Å². The number of rotatable bonds is 4. The molecule has 64 valence electrons. The zero-order chi connectivity index (χ0) is 8.69. The van der Waals surface area contributed by atoms with Crippen LogP contribution in [0.3, 0.4) is 0 Å². The Hall–Kier alpha value is -0.440. The van der Waals surface area contributed by atoms with E-state index in [0.717, 1.165) is 5.75 Å². The first kappa shape index (κ1) is 10.6. The van der Waals surface area contributed by atoms with E-state index in [1.54, 1.807) is 17.8 Å². The summed E-state index contributed by atoms with van der Waals surface area (Å²) < 4.78 is 0. The standard InChI is InChI=1S/C8H15NOS/c1-4-5-8(10)9-7(2)6-11-3/h4-5,7H,6H2,1-3H3,(H,9,10)/b5-4+. The SMILES string of the molecule is C/C=C/C(=O)NC(C)CSC. The van der Waals surface area contributed by atoms with Crippen LogP contribution in [0.25, 0.3) is 0 Å². The summed E-state index contributed by atoms with van der Waals surface area (Å²) in [5, 5.41) is 2.84. The summed E-state index contributed by atoms with van der Waals surface area (Å²) in [6.07, 6.45) is 5.30. The molecule has 0 fully saturated rings. The second kappa shape index (κ2) is 6.28. The van der Waals surface area contributed by atoms with Gasteiger partial charge in [-0.2, -0.15) is 11.8 Å². The average Bonchev–Trinajstić information content (AvgIpc) is 1.87. The molecule has 0 aromatic carbocycles. The highest BCUT2D eigenvalue weighted by Gasteiger charge is 2.01. The third-order valence-electron chi connectivity index (χ3n) is 1.12. The Morgan fingerprint density at radius 1 is 1.73 bits per heavy atom. The molecule has 0 saturated heterocycles. The van der Waals surface area contributed by atoms with Gasteiger partial charge in [-0.05, 0) is 26.2 Å². The Labute approximate surface area is 72.4 Å². The number of carbonyl (C=O) groups excluding carboxylic acids is 1. The highest BCUT2D eigenvalue weighted by atomic mass is 32.2. The monoisotopic (exact) mass is 173 g/mol. The van der Waals surface area contributed by atoms with Gasteiger partial charge in [-0.25, -0.2) is 0 Å². The second-order valence-corrected chi connectivity index (χ2v) is 3.28. The first-order chi connectivity index (χ1) is 5.20. The fourth-order valence-electron chi connectivity index (χ4n) is 0.734. The van der Waals surface area contributed by atoms with Crippen LogP contribution < -0.4 is 5.32 Å². The van der Waals surface area contributed by atoms with E-state index in [9.17, 15) is 4.79 Å². The van der Waals surface area contributed by atoms with E-state index >= 15 is 0 Å². The summed E-state index contributed by atoms with van der Waals surface area (Å²) in [7, 11) is 0. The molecule has 0 aliphatic heterocycles. The quantitative estimate of drug-likeness (QED) is 0.652. The largest absolute Gasteiger partial charge is 0.349 e. The molecule has 0 aliphatic carbocycles. The van der Waals surface area contributed by atoms with Crippen molar-refractivity contribution >= 4 is 17.7 Å². The van der Waals surface area contributed by atoms with Crippen LogP contribution in [0.1, 0.15) is 13.8 Å². The molecule has 2 nitrogen and oxygen atoms in total. The van der Waals surface area contributed by atoms with Crippen molar-refractivity contribution in [3.05, 3.63) is 12.2 Å². The van der Waals surface area contributed by atoms with Crippen molar-refractivity contribution in [3.63, 3.8) is 0 Å². The van der Waals surface area contributed by atoms with E-state index in [0.29, 0.717) is 0 Å². The molecule has 11 heavy (non-hydrogen) atoms. The summed E-state index contributed by atoms with van der Waals surface area (Å²) in [5.41, 5.74) is 0. The minimum Gasteiger partial charge on any atom is -0.349 e. The zero-order valence-electron chi connectivity index (χ0n) is 7.26. The summed E-state index contributed by atoms with van der Waals surface area (Å²) in [6.45, 7) is 3.83. The highest BCUT2D eigenvalue weighted by Crippen LogP contribution is 1.95. The molecule has 1 N–H and O–H groups in total. The van der Waals surface area contributed by atoms with Gasteiger partial charge in [-0.15, -0.1) is 0 Å². The maximum Gasteiger partial charge on any atom is 0.243 e. The molecular formula is C8H15NOS. The maximum atomic E-state index is 10.9. The smallest absolute Gasteiger partial charge is 0.243 e. The molecule has 0 heterocycles. The van der Waals surface area contributed by atoms with Gasteiger partial charge < -0.3 is 5.32 Å². The molecule has 1 amide bonds. The Morgan fingerprint density at radius 3 is 2.82 bits per heavy atom. The lowest BCUT2D eigenvalue weighted by atomic mass is 10.4. The van der Waals surface area contributed by atoms with Crippen LogP contribution in [0.4, 0.5) is 0 Å². The van der Waals surface area contributed by atoms with Gasteiger partial charge in [-0.1, -0.05) is 6.08 Å². The topological polar surface area (TPSA) is 29.1 Å². The summed E-state index contributed by atoms with van der Waals surface area (Å²) in [5.74, 6) is 0.956. The molecular weight excluding hydrogens is 158 g/mol. The number of thioether (sulfide) groups is 1. The molecule has 0 spiro atoms. The van der Waals surface area contributed by atoms with Crippen LogP contribution in [-0.4, -0.2) is 24.0 Å². The van der Waals surface area contributed by atoms with E-state index in [4.69, 9.17) is 0 Å². The van der Waals surface area contributed by atoms with Crippen LogP contribution in [0, 0.1) is 0 Å². The lowest BCUT2D eigenvalue weighted by Crippen LogP contribution is -2.32. The first-order valence-corrected chi connectivity index (χ1v) is 5.02. The zero-order valence-corrected chi connectivity index (χ0v) is 8.07. The van der Waals surface area contributed by atoms with Crippen LogP contribution in [0.15, 0.2) is 12.2 Å². The third-order valence-corrected chi connectivity index (χ3v) is 1.96. The third kappa shape index (κ3) is 5.98. The summed E-state index contributed by atoms with van der Waals surface area (Å²) in [6, 6.07) is 0.258. The molecule has 1 atom stereocenters.